The minimum absolute atomic E-state index is 0.615. The van der Waals surface area contributed by atoms with Gasteiger partial charge in [0.15, 0.2) is 6.29 Å². The molecule has 1 heterocycles. The molecule has 0 aliphatic carbocycles. The Morgan fingerprint density at radius 3 is 2.50 bits per heavy atom. The van der Waals surface area contributed by atoms with Crippen molar-refractivity contribution in [3.8, 4) is 5.75 Å². The Morgan fingerprint density at radius 2 is 1.94 bits per heavy atom. The Morgan fingerprint density at radius 1 is 1.28 bits per heavy atom. The number of aldehydes is 1. The van der Waals surface area contributed by atoms with Gasteiger partial charge in [0.2, 0.25) is 0 Å². The molecule has 1 fully saturated rings. The lowest BCUT2D eigenvalue weighted by Gasteiger charge is -2.34. The summed E-state index contributed by atoms with van der Waals surface area (Å²) in [5.41, 5.74) is 1.66. The molecule has 98 valence electrons. The van der Waals surface area contributed by atoms with Crippen molar-refractivity contribution >= 4 is 27.9 Å². The van der Waals surface area contributed by atoms with Gasteiger partial charge in [-0.05, 0) is 35.1 Å². The highest BCUT2D eigenvalue weighted by Gasteiger charge is 2.19. The summed E-state index contributed by atoms with van der Waals surface area (Å²) in [5, 5.41) is 0. The number of nitrogens with zero attached hydrogens (tertiary/aromatic N) is 2. The van der Waals surface area contributed by atoms with Crippen LogP contribution in [0.5, 0.6) is 5.75 Å². The summed E-state index contributed by atoms with van der Waals surface area (Å²) in [6.07, 6.45) is 0.834. The molecule has 1 aromatic rings. The second-order valence-corrected chi connectivity index (χ2v) is 5.31. The predicted octanol–water partition coefficient (Wildman–Crippen LogP) is 2.02. The zero-order chi connectivity index (χ0) is 13.1. The smallest absolute Gasteiger partial charge is 0.151 e. The lowest BCUT2D eigenvalue weighted by Crippen LogP contribution is -2.44. The number of hydrogen-bond donors (Lipinski definition) is 0. The summed E-state index contributed by atoms with van der Waals surface area (Å²) in [6.45, 7) is 4.02. The molecule has 0 N–H and O–H groups in total. The van der Waals surface area contributed by atoms with Gasteiger partial charge in [-0.25, -0.2) is 0 Å². The summed E-state index contributed by atoms with van der Waals surface area (Å²) in [6, 6.07) is 3.75. The van der Waals surface area contributed by atoms with Crippen molar-refractivity contribution in [2.75, 3.05) is 45.2 Å². The first kappa shape index (κ1) is 13.4. The molecular formula is C13H17BrN2O2. The van der Waals surface area contributed by atoms with E-state index in [0.29, 0.717) is 5.56 Å². The molecule has 0 bridgehead atoms. The number of anilines is 1. The van der Waals surface area contributed by atoms with Crippen LogP contribution in [0.4, 0.5) is 5.69 Å². The monoisotopic (exact) mass is 312 g/mol. The average molecular weight is 313 g/mol. The van der Waals surface area contributed by atoms with Crippen molar-refractivity contribution in [3.63, 3.8) is 0 Å². The first-order valence-corrected chi connectivity index (χ1v) is 6.71. The molecule has 0 atom stereocenters. The van der Waals surface area contributed by atoms with E-state index in [0.717, 1.165) is 48.4 Å². The van der Waals surface area contributed by atoms with E-state index in [4.69, 9.17) is 4.74 Å². The average Bonchev–Trinajstić information content (AvgIpc) is 2.39. The maximum Gasteiger partial charge on any atom is 0.151 e. The van der Waals surface area contributed by atoms with Crippen molar-refractivity contribution in [1.82, 2.24) is 4.90 Å². The Hall–Kier alpha value is -1.07. The van der Waals surface area contributed by atoms with E-state index in [1.54, 1.807) is 13.2 Å². The van der Waals surface area contributed by atoms with Gasteiger partial charge in [0, 0.05) is 36.2 Å². The lowest BCUT2D eigenvalue weighted by molar-refractivity contribution is 0.112. The van der Waals surface area contributed by atoms with Gasteiger partial charge in [-0.15, -0.1) is 0 Å². The Kier molecular flexibility index (Phi) is 4.24. The topological polar surface area (TPSA) is 32.8 Å². The molecule has 0 spiro atoms. The van der Waals surface area contributed by atoms with Gasteiger partial charge in [0.25, 0.3) is 0 Å². The second kappa shape index (κ2) is 5.71. The number of hydrogen-bond acceptors (Lipinski definition) is 4. The van der Waals surface area contributed by atoms with Gasteiger partial charge in [0.1, 0.15) is 5.75 Å². The largest absolute Gasteiger partial charge is 0.495 e. The van der Waals surface area contributed by atoms with E-state index in [9.17, 15) is 4.79 Å². The fraction of sp³-hybridized carbons (Fsp3) is 0.462. The van der Waals surface area contributed by atoms with Crippen molar-refractivity contribution in [2.24, 2.45) is 0 Å². The third-order valence-corrected chi connectivity index (χ3v) is 3.96. The first-order chi connectivity index (χ1) is 8.65. The summed E-state index contributed by atoms with van der Waals surface area (Å²) < 4.78 is 6.20. The van der Waals surface area contributed by atoms with E-state index in [1.807, 2.05) is 6.07 Å². The number of ether oxygens (including phenoxy) is 1. The Balaban J connectivity index is 2.31. The fourth-order valence-corrected chi connectivity index (χ4v) is 2.53. The third kappa shape index (κ3) is 2.67. The number of likely N-dealkylation sites (N-methyl/N-ethyl adjacent to an activating group) is 1. The van der Waals surface area contributed by atoms with Crippen LogP contribution in [-0.4, -0.2) is 51.5 Å². The normalized spacial score (nSPS) is 16.7. The van der Waals surface area contributed by atoms with Crippen molar-refractivity contribution < 1.29 is 9.53 Å². The number of rotatable bonds is 3. The molecule has 1 saturated heterocycles. The van der Waals surface area contributed by atoms with Crippen molar-refractivity contribution in [2.45, 2.75) is 0 Å². The molecule has 0 saturated carbocycles. The number of methoxy groups -OCH3 is 1. The maximum absolute atomic E-state index is 10.9. The van der Waals surface area contributed by atoms with E-state index in [1.165, 1.54) is 0 Å². The Labute approximate surface area is 116 Å². The molecule has 1 aromatic carbocycles. The van der Waals surface area contributed by atoms with Crippen LogP contribution < -0.4 is 9.64 Å². The molecule has 1 aliphatic heterocycles. The minimum atomic E-state index is 0.615. The first-order valence-electron chi connectivity index (χ1n) is 5.92. The van der Waals surface area contributed by atoms with Gasteiger partial charge in [-0.2, -0.15) is 0 Å². The minimum Gasteiger partial charge on any atom is -0.495 e. The lowest BCUT2D eigenvalue weighted by atomic mass is 10.1. The highest BCUT2D eigenvalue weighted by Crippen LogP contribution is 2.34. The highest BCUT2D eigenvalue weighted by atomic mass is 79.9. The molecule has 1 aliphatic rings. The molecule has 18 heavy (non-hydrogen) atoms. The van der Waals surface area contributed by atoms with Gasteiger partial charge >= 0.3 is 0 Å². The Bertz CT molecular complexity index is 443. The summed E-state index contributed by atoms with van der Waals surface area (Å²) in [5.74, 6) is 0.754. The van der Waals surface area contributed by atoms with Crippen LogP contribution in [0.3, 0.4) is 0 Å². The van der Waals surface area contributed by atoms with Crippen molar-refractivity contribution in [3.05, 3.63) is 22.2 Å². The second-order valence-electron chi connectivity index (χ2n) is 4.45. The zero-order valence-electron chi connectivity index (χ0n) is 10.6. The quantitative estimate of drug-likeness (QED) is 0.800. The predicted molar refractivity (Wildman–Crippen MR) is 75.8 cm³/mol. The van der Waals surface area contributed by atoms with Crippen LogP contribution in [0.15, 0.2) is 16.6 Å². The molecule has 0 amide bonds. The van der Waals surface area contributed by atoms with E-state index >= 15 is 0 Å². The molecular weight excluding hydrogens is 296 g/mol. The standard InChI is InChI=1S/C13H17BrN2O2/c1-15-3-5-16(6-4-15)12-8-11(14)10(9-17)7-13(12)18-2/h7-9H,3-6H2,1-2H3. The van der Waals surface area contributed by atoms with Crippen LogP contribution >= 0.6 is 15.9 Å². The molecule has 4 nitrogen and oxygen atoms in total. The van der Waals surface area contributed by atoms with Gasteiger partial charge in [-0.1, -0.05) is 0 Å². The highest BCUT2D eigenvalue weighted by molar-refractivity contribution is 9.10. The van der Waals surface area contributed by atoms with Gasteiger partial charge in [0.05, 0.1) is 12.8 Å². The van der Waals surface area contributed by atoms with Crippen molar-refractivity contribution in [1.29, 1.82) is 0 Å². The van der Waals surface area contributed by atoms with Crippen LogP contribution in [-0.2, 0) is 0 Å². The maximum atomic E-state index is 10.9. The molecule has 0 radical (unpaired) electrons. The van der Waals surface area contributed by atoms with Gasteiger partial charge in [-0.3, -0.25) is 4.79 Å². The summed E-state index contributed by atoms with van der Waals surface area (Å²) in [7, 11) is 3.76. The SMILES string of the molecule is COc1cc(C=O)c(Br)cc1N1CCN(C)CC1. The van der Waals surface area contributed by atoms with Gasteiger partial charge < -0.3 is 14.5 Å². The number of benzene rings is 1. The van der Waals surface area contributed by atoms with Crippen LogP contribution in [0, 0.1) is 0 Å². The van der Waals surface area contributed by atoms with E-state index < -0.39 is 0 Å². The molecule has 2 rings (SSSR count). The summed E-state index contributed by atoms with van der Waals surface area (Å²) >= 11 is 3.43. The number of piperazine rings is 1. The van der Waals surface area contributed by atoms with E-state index in [-0.39, 0.29) is 0 Å². The number of carbonyl (C=O) groups excluding carboxylic acids is 1. The van der Waals surface area contributed by atoms with Crippen LogP contribution in [0.2, 0.25) is 0 Å². The van der Waals surface area contributed by atoms with Crippen LogP contribution in [0.25, 0.3) is 0 Å². The summed E-state index contributed by atoms with van der Waals surface area (Å²) in [4.78, 5) is 15.5. The van der Waals surface area contributed by atoms with Crippen LogP contribution in [0.1, 0.15) is 10.4 Å². The van der Waals surface area contributed by atoms with E-state index in [2.05, 4.69) is 32.8 Å². The third-order valence-electron chi connectivity index (χ3n) is 3.27. The number of carbonyl (C=O) groups is 1. The fourth-order valence-electron chi connectivity index (χ4n) is 2.11. The molecule has 5 heteroatoms. The molecule has 0 aromatic heterocycles. The molecule has 0 unspecified atom stereocenters. The zero-order valence-corrected chi connectivity index (χ0v) is 12.2. The number of halogens is 1.